The predicted molar refractivity (Wildman–Crippen MR) is 36.4 cm³/mol. The molecule has 0 aromatic heterocycles. The van der Waals surface area contributed by atoms with Gasteiger partial charge in [0, 0.05) is 0 Å². The summed E-state index contributed by atoms with van der Waals surface area (Å²) >= 11 is 0. The Bertz CT molecular complexity index is 121. The van der Waals surface area contributed by atoms with Crippen molar-refractivity contribution in [2.24, 2.45) is 5.92 Å². The summed E-state index contributed by atoms with van der Waals surface area (Å²) in [7, 11) is 0. The molecule has 0 heterocycles. The summed E-state index contributed by atoms with van der Waals surface area (Å²) in [4.78, 5) is 9.98. The Morgan fingerprint density at radius 2 is 2.30 bits per heavy atom. The molecule has 10 heavy (non-hydrogen) atoms. The van der Waals surface area contributed by atoms with E-state index in [1.165, 1.54) is 19.3 Å². The Kier molecular flexibility index (Phi) is 2.54. The number of ether oxygens (including phenoxy) is 1. The standard InChI is InChI=1S/C7H12NO2/c8-7(9)10-5-4-6-2-1-3-6/h6,8H,1-5H2. The fourth-order valence-electron chi connectivity index (χ4n) is 1.10. The highest BCUT2D eigenvalue weighted by atomic mass is 16.5. The Morgan fingerprint density at radius 3 is 2.70 bits per heavy atom. The zero-order chi connectivity index (χ0) is 7.40. The summed E-state index contributed by atoms with van der Waals surface area (Å²) < 4.78 is 4.48. The second-order valence-corrected chi connectivity index (χ2v) is 2.72. The molecule has 1 amide bonds. The fraction of sp³-hybridized carbons (Fsp3) is 0.857. The van der Waals surface area contributed by atoms with E-state index in [1.54, 1.807) is 0 Å². The van der Waals surface area contributed by atoms with Crippen molar-refractivity contribution in [1.82, 2.24) is 5.73 Å². The van der Waals surface area contributed by atoms with Crippen LogP contribution in [-0.2, 0) is 4.74 Å². The van der Waals surface area contributed by atoms with E-state index in [0.717, 1.165) is 12.3 Å². The second-order valence-electron chi connectivity index (χ2n) is 2.72. The summed E-state index contributed by atoms with van der Waals surface area (Å²) in [5.41, 5.74) is 6.44. The number of rotatable bonds is 3. The van der Waals surface area contributed by atoms with Crippen molar-refractivity contribution >= 4 is 6.09 Å². The van der Waals surface area contributed by atoms with Gasteiger partial charge in [-0.15, -0.1) is 0 Å². The van der Waals surface area contributed by atoms with Gasteiger partial charge in [0.1, 0.15) is 0 Å². The number of carbonyl (C=O) groups is 1. The van der Waals surface area contributed by atoms with Gasteiger partial charge in [-0.1, -0.05) is 19.3 Å². The first-order chi connectivity index (χ1) is 4.79. The Morgan fingerprint density at radius 1 is 1.60 bits per heavy atom. The Hall–Kier alpha value is -0.730. The molecule has 0 aromatic rings. The van der Waals surface area contributed by atoms with Crippen LogP contribution in [0.5, 0.6) is 0 Å². The largest absolute Gasteiger partial charge is 0.448 e. The lowest BCUT2D eigenvalue weighted by atomic mass is 9.83. The molecule has 1 rings (SSSR count). The van der Waals surface area contributed by atoms with Crippen molar-refractivity contribution in [3.05, 3.63) is 0 Å². The second kappa shape index (κ2) is 3.44. The van der Waals surface area contributed by atoms with Crippen LogP contribution < -0.4 is 5.73 Å². The number of hydrogen-bond donors (Lipinski definition) is 0. The minimum absolute atomic E-state index is 0.438. The van der Waals surface area contributed by atoms with E-state index in [-0.39, 0.29) is 0 Å². The maximum Gasteiger partial charge on any atom is 0.426 e. The van der Waals surface area contributed by atoms with Crippen LogP contribution in [0.3, 0.4) is 0 Å². The fourth-order valence-corrected chi connectivity index (χ4v) is 1.10. The van der Waals surface area contributed by atoms with Crippen LogP contribution in [-0.4, -0.2) is 12.7 Å². The van der Waals surface area contributed by atoms with Crippen molar-refractivity contribution in [1.29, 1.82) is 0 Å². The quantitative estimate of drug-likeness (QED) is 0.600. The molecule has 0 aromatic carbocycles. The lowest BCUT2D eigenvalue weighted by Crippen LogP contribution is -2.15. The number of hydrogen-bond acceptors (Lipinski definition) is 2. The summed E-state index contributed by atoms with van der Waals surface area (Å²) in [6.45, 7) is 0.438. The molecule has 1 aliphatic carbocycles. The van der Waals surface area contributed by atoms with Gasteiger partial charge in [-0.2, -0.15) is 0 Å². The third kappa shape index (κ3) is 2.25. The summed E-state index contributed by atoms with van der Waals surface area (Å²) in [6, 6.07) is 0. The van der Waals surface area contributed by atoms with E-state index in [9.17, 15) is 4.79 Å². The molecule has 0 atom stereocenters. The Balaban J connectivity index is 1.89. The van der Waals surface area contributed by atoms with Crippen LogP contribution in [0, 0.1) is 5.92 Å². The molecule has 57 valence electrons. The molecule has 1 radical (unpaired) electrons. The zero-order valence-electron chi connectivity index (χ0n) is 5.93. The highest BCUT2D eigenvalue weighted by Crippen LogP contribution is 2.28. The number of amides is 1. The van der Waals surface area contributed by atoms with Crippen LogP contribution in [0.4, 0.5) is 4.79 Å². The number of carbonyl (C=O) groups excluding carboxylic acids is 1. The van der Waals surface area contributed by atoms with Crippen molar-refractivity contribution in [3.8, 4) is 0 Å². The lowest BCUT2D eigenvalue weighted by Gasteiger charge is -2.24. The normalized spacial score (nSPS) is 18.0. The molecule has 1 N–H and O–H groups in total. The highest BCUT2D eigenvalue weighted by molar-refractivity contribution is 5.63. The molecule has 0 aliphatic heterocycles. The van der Waals surface area contributed by atoms with E-state index in [2.05, 4.69) is 4.74 Å². The monoisotopic (exact) mass is 142 g/mol. The van der Waals surface area contributed by atoms with Crippen LogP contribution in [0.15, 0.2) is 0 Å². The zero-order valence-corrected chi connectivity index (χ0v) is 5.93. The van der Waals surface area contributed by atoms with E-state index < -0.39 is 6.09 Å². The van der Waals surface area contributed by atoms with Gasteiger partial charge < -0.3 is 4.74 Å². The topological polar surface area (TPSA) is 50.1 Å². The van der Waals surface area contributed by atoms with Gasteiger partial charge in [0.2, 0.25) is 0 Å². The average Bonchev–Trinajstić information content (AvgIpc) is 1.75. The molecule has 1 saturated carbocycles. The van der Waals surface area contributed by atoms with Crippen molar-refractivity contribution in [3.63, 3.8) is 0 Å². The molecule has 0 unspecified atom stereocenters. The van der Waals surface area contributed by atoms with Crippen LogP contribution in [0.25, 0.3) is 0 Å². The van der Waals surface area contributed by atoms with Gasteiger partial charge in [-0.05, 0) is 12.3 Å². The first-order valence-corrected chi connectivity index (χ1v) is 3.67. The molecule has 3 heteroatoms. The number of nitrogens with one attached hydrogen (secondary N) is 1. The first-order valence-electron chi connectivity index (χ1n) is 3.67. The SMILES string of the molecule is [NH]C(=O)OCCC1CCC1. The molecular weight excluding hydrogens is 130 g/mol. The molecule has 1 fully saturated rings. The van der Waals surface area contributed by atoms with Gasteiger partial charge in [0.25, 0.3) is 0 Å². The van der Waals surface area contributed by atoms with E-state index >= 15 is 0 Å². The molecule has 0 spiro atoms. The summed E-state index contributed by atoms with van der Waals surface area (Å²) in [5, 5.41) is 0. The molecule has 0 saturated heterocycles. The minimum Gasteiger partial charge on any atom is -0.448 e. The van der Waals surface area contributed by atoms with Crippen molar-refractivity contribution in [2.45, 2.75) is 25.7 Å². The van der Waals surface area contributed by atoms with Gasteiger partial charge in [0.15, 0.2) is 0 Å². The summed E-state index contributed by atoms with van der Waals surface area (Å²) in [5.74, 6) is 0.763. The first kappa shape index (κ1) is 7.38. The van der Waals surface area contributed by atoms with Crippen LogP contribution in [0.1, 0.15) is 25.7 Å². The maximum atomic E-state index is 9.98. The van der Waals surface area contributed by atoms with Crippen LogP contribution in [0.2, 0.25) is 0 Å². The molecule has 3 nitrogen and oxygen atoms in total. The summed E-state index contributed by atoms with van der Waals surface area (Å²) in [6.07, 6.45) is 3.91. The smallest absolute Gasteiger partial charge is 0.426 e. The lowest BCUT2D eigenvalue weighted by molar-refractivity contribution is 0.137. The molecule has 1 aliphatic rings. The van der Waals surface area contributed by atoms with Gasteiger partial charge in [0.05, 0.1) is 6.61 Å². The van der Waals surface area contributed by atoms with Gasteiger partial charge >= 0.3 is 6.09 Å². The molecular formula is C7H12NO2. The Labute approximate surface area is 60.5 Å². The van der Waals surface area contributed by atoms with Crippen molar-refractivity contribution in [2.75, 3.05) is 6.61 Å². The third-order valence-corrected chi connectivity index (χ3v) is 1.98. The minimum atomic E-state index is -0.903. The van der Waals surface area contributed by atoms with E-state index in [1.807, 2.05) is 0 Å². The predicted octanol–water partition coefficient (Wildman–Crippen LogP) is 1.60. The third-order valence-electron chi connectivity index (χ3n) is 1.98. The average molecular weight is 142 g/mol. The van der Waals surface area contributed by atoms with E-state index in [0.29, 0.717) is 6.61 Å². The van der Waals surface area contributed by atoms with E-state index in [4.69, 9.17) is 5.73 Å². The molecule has 0 bridgehead atoms. The van der Waals surface area contributed by atoms with Crippen LogP contribution >= 0.6 is 0 Å². The maximum absolute atomic E-state index is 9.98. The van der Waals surface area contributed by atoms with Gasteiger partial charge in [-0.3, -0.25) is 0 Å². The van der Waals surface area contributed by atoms with Crippen molar-refractivity contribution < 1.29 is 9.53 Å². The highest BCUT2D eigenvalue weighted by Gasteiger charge is 2.16. The van der Waals surface area contributed by atoms with Gasteiger partial charge in [-0.25, -0.2) is 10.5 Å².